The third kappa shape index (κ3) is 3.02. The SMILES string of the molecule is OOc1ccc(/C=C/c2cc(O)cc(O)c2)cc1. The van der Waals surface area contributed by atoms with Gasteiger partial charge < -0.3 is 15.1 Å². The van der Waals surface area contributed by atoms with Crippen LogP contribution in [0, 0.1) is 0 Å². The second-order valence-electron chi connectivity index (χ2n) is 3.78. The quantitative estimate of drug-likeness (QED) is 0.440. The summed E-state index contributed by atoms with van der Waals surface area (Å²) in [7, 11) is 0. The van der Waals surface area contributed by atoms with Crippen LogP contribution in [-0.4, -0.2) is 15.5 Å². The minimum Gasteiger partial charge on any atom is -0.508 e. The van der Waals surface area contributed by atoms with E-state index in [0.717, 1.165) is 5.56 Å². The van der Waals surface area contributed by atoms with Gasteiger partial charge in [-0.15, -0.1) is 0 Å². The van der Waals surface area contributed by atoms with Gasteiger partial charge in [-0.3, -0.25) is 0 Å². The summed E-state index contributed by atoms with van der Waals surface area (Å²) in [6.07, 6.45) is 3.57. The standard InChI is InChI=1S/C14H12O4/c15-12-7-11(8-13(16)9-12)2-1-10-3-5-14(18-17)6-4-10/h1-9,15-17H/b2-1+. The molecule has 92 valence electrons. The fourth-order valence-corrected chi connectivity index (χ4v) is 1.55. The van der Waals surface area contributed by atoms with Crippen molar-refractivity contribution in [1.82, 2.24) is 0 Å². The summed E-state index contributed by atoms with van der Waals surface area (Å²) in [5.41, 5.74) is 1.59. The van der Waals surface area contributed by atoms with Crippen molar-refractivity contribution < 1.29 is 20.4 Å². The van der Waals surface area contributed by atoms with Gasteiger partial charge in [-0.1, -0.05) is 24.3 Å². The normalized spacial score (nSPS) is 10.7. The summed E-state index contributed by atoms with van der Waals surface area (Å²) >= 11 is 0. The van der Waals surface area contributed by atoms with E-state index in [1.807, 2.05) is 6.08 Å². The van der Waals surface area contributed by atoms with Gasteiger partial charge in [0, 0.05) is 6.07 Å². The lowest BCUT2D eigenvalue weighted by Crippen LogP contribution is -1.82. The first-order valence-corrected chi connectivity index (χ1v) is 5.30. The minimum atomic E-state index is 0.0127. The second kappa shape index (κ2) is 5.25. The average molecular weight is 244 g/mol. The van der Waals surface area contributed by atoms with E-state index in [0.29, 0.717) is 11.3 Å². The summed E-state index contributed by atoms with van der Waals surface area (Å²) in [4.78, 5) is 4.07. The summed E-state index contributed by atoms with van der Waals surface area (Å²) in [6, 6.07) is 11.1. The van der Waals surface area contributed by atoms with Crippen LogP contribution in [0.15, 0.2) is 42.5 Å². The molecule has 0 saturated carbocycles. The summed E-state index contributed by atoms with van der Waals surface area (Å²) in [6.45, 7) is 0. The summed E-state index contributed by atoms with van der Waals surface area (Å²) < 4.78 is 0. The van der Waals surface area contributed by atoms with E-state index >= 15 is 0 Å². The van der Waals surface area contributed by atoms with Gasteiger partial charge in [-0.05, 0) is 35.4 Å². The van der Waals surface area contributed by atoms with Crippen molar-refractivity contribution in [3.05, 3.63) is 53.6 Å². The maximum Gasteiger partial charge on any atom is 0.165 e. The molecule has 2 rings (SSSR count). The molecule has 0 saturated heterocycles. The Kier molecular flexibility index (Phi) is 3.50. The maximum absolute atomic E-state index is 9.32. The molecule has 2 aromatic carbocycles. The van der Waals surface area contributed by atoms with Crippen LogP contribution < -0.4 is 4.89 Å². The monoisotopic (exact) mass is 244 g/mol. The van der Waals surface area contributed by atoms with Crippen molar-refractivity contribution >= 4 is 12.2 Å². The van der Waals surface area contributed by atoms with Crippen molar-refractivity contribution in [2.75, 3.05) is 0 Å². The van der Waals surface area contributed by atoms with E-state index in [4.69, 9.17) is 5.26 Å². The Morgan fingerprint density at radius 3 is 1.89 bits per heavy atom. The number of benzene rings is 2. The summed E-state index contributed by atoms with van der Waals surface area (Å²) in [5.74, 6) is 0.388. The molecule has 3 N–H and O–H groups in total. The van der Waals surface area contributed by atoms with E-state index in [1.54, 1.807) is 42.5 Å². The van der Waals surface area contributed by atoms with E-state index in [-0.39, 0.29) is 11.5 Å². The van der Waals surface area contributed by atoms with Gasteiger partial charge in [0.2, 0.25) is 0 Å². The molecule has 0 aromatic heterocycles. The molecule has 0 aliphatic rings. The minimum absolute atomic E-state index is 0.0127. The van der Waals surface area contributed by atoms with Crippen LogP contribution >= 0.6 is 0 Å². The van der Waals surface area contributed by atoms with Gasteiger partial charge in [0.05, 0.1) is 0 Å². The van der Waals surface area contributed by atoms with Crippen molar-refractivity contribution in [2.24, 2.45) is 0 Å². The van der Waals surface area contributed by atoms with Crippen LogP contribution in [0.1, 0.15) is 11.1 Å². The highest BCUT2D eigenvalue weighted by Gasteiger charge is 1.96. The fraction of sp³-hybridized carbons (Fsp3) is 0. The third-order valence-electron chi connectivity index (χ3n) is 2.38. The predicted molar refractivity (Wildman–Crippen MR) is 68.4 cm³/mol. The van der Waals surface area contributed by atoms with Gasteiger partial charge >= 0.3 is 0 Å². The number of rotatable bonds is 3. The lowest BCUT2D eigenvalue weighted by molar-refractivity contribution is -0.137. The lowest BCUT2D eigenvalue weighted by Gasteiger charge is -1.99. The molecule has 0 aliphatic heterocycles. The first-order valence-electron chi connectivity index (χ1n) is 5.30. The van der Waals surface area contributed by atoms with E-state index in [2.05, 4.69) is 4.89 Å². The Morgan fingerprint density at radius 1 is 0.778 bits per heavy atom. The molecular weight excluding hydrogens is 232 g/mol. The van der Waals surface area contributed by atoms with Gasteiger partial charge in [-0.2, -0.15) is 0 Å². The zero-order chi connectivity index (χ0) is 13.0. The molecule has 0 spiro atoms. The van der Waals surface area contributed by atoms with Crippen LogP contribution in [0.25, 0.3) is 12.2 Å². The molecule has 0 unspecified atom stereocenters. The molecule has 0 amide bonds. The van der Waals surface area contributed by atoms with Gasteiger partial charge in [0.1, 0.15) is 11.5 Å². The van der Waals surface area contributed by atoms with Crippen molar-refractivity contribution in [2.45, 2.75) is 0 Å². The van der Waals surface area contributed by atoms with Crippen LogP contribution in [0.4, 0.5) is 0 Å². The maximum atomic E-state index is 9.32. The predicted octanol–water partition coefficient (Wildman–Crippen LogP) is 3.12. The van der Waals surface area contributed by atoms with Crippen molar-refractivity contribution in [3.8, 4) is 17.2 Å². The van der Waals surface area contributed by atoms with Crippen molar-refractivity contribution in [1.29, 1.82) is 0 Å². The van der Waals surface area contributed by atoms with Crippen molar-refractivity contribution in [3.63, 3.8) is 0 Å². The largest absolute Gasteiger partial charge is 0.508 e. The van der Waals surface area contributed by atoms with E-state index in [9.17, 15) is 10.2 Å². The van der Waals surface area contributed by atoms with Crippen LogP contribution in [0.2, 0.25) is 0 Å². The fourth-order valence-electron chi connectivity index (χ4n) is 1.55. The highest BCUT2D eigenvalue weighted by molar-refractivity contribution is 5.71. The molecule has 0 bridgehead atoms. The van der Waals surface area contributed by atoms with E-state index < -0.39 is 0 Å². The lowest BCUT2D eigenvalue weighted by atomic mass is 10.1. The average Bonchev–Trinajstić information content (AvgIpc) is 2.36. The molecular formula is C14H12O4. The molecule has 0 heterocycles. The molecule has 2 aromatic rings. The molecule has 18 heavy (non-hydrogen) atoms. The van der Waals surface area contributed by atoms with Crippen LogP contribution in [-0.2, 0) is 0 Å². The molecule has 4 heteroatoms. The highest BCUT2D eigenvalue weighted by Crippen LogP contribution is 2.22. The van der Waals surface area contributed by atoms with Gasteiger partial charge in [0.25, 0.3) is 0 Å². The Labute approximate surface area is 104 Å². The Balaban J connectivity index is 2.18. The summed E-state index contributed by atoms with van der Waals surface area (Å²) in [5, 5.41) is 27.1. The topological polar surface area (TPSA) is 69.9 Å². The van der Waals surface area contributed by atoms with Gasteiger partial charge in [0.15, 0.2) is 5.75 Å². The molecule has 0 atom stereocenters. The number of aromatic hydroxyl groups is 2. The smallest absolute Gasteiger partial charge is 0.165 e. The molecule has 4 nitrogen and oxygen atoms in total. The van der Waals surface area contributed by atoms with Crippen LogP contribution in [0.3, 0.4) is 0 Å². The number of hydrogen-bond donors (Lipinski definition) is 3. The highest BCUT2D eigenvalue weighted by atomic mass is 17.1. The second-order valence-corrected chi connectivity index (χ2v) is 3.78. The number of hydrogen-bond acceptors (Lipinski definition) is 4. The van der Waals surface area contributed by atoms with Crippen LogP contribution in [0.5, 0.6) is 17.2 Å². The third-order valence-corrected chi connectivity index (χ3v) is 2.38. The zero-order valence-electron chi connectivity index (χ0n) is 9.45. The van der Waals surface area contributed by atoms with Gasteiger partial charge in [-0.25, -0.2) is 5.26 Å². The number of phenolic OH excluding ortho intramolecular Hbond substituents is 2. The Morgan fingerprint density at radius 2 is 1.33 bits per heavy atom. The first kappa shape index (κ1) is 12.0. The molecule has 0 aliphatic carbocycles. The Bertz CT molecular complexity index is 538. The first-order chi connectivity index (χ1) is 8.67. The molecule has 0 radical (unpaired) electrons. The van der Waals surface area contributed by atoms with E-state index in [1.165, 1.54) is 6.07 Å². The number of phenols is 2. The Hall–Kier alpha value is -2.46. The zero-order valence-corrected chi connectivity index (χ0v) is 9.45. The molecule has 0 fully saturated rings.